The van der Waals surface area contributed by atoms with Gasteiger partial charge in [-0.3, -0.25) is 0 Å². The van der Waals surface area contributed by atoms with Crippen molar-refractivity contribution in [2.24, 2.45) is 0 Å². The molecule has 2 aromatic rings. The minimum atomic E-state index is -0.411. The molecule has 120 valence electrons. The quantitative estimate of drug-likeness (QED) is 0.922. The van der Waals surface area contributed by atoms with Crippen molar-refractivity contribution in [3.63, 3.8) is 0 Å². The van der Waals surface area contributed by atoms with Crippen LogP contribution in [0.15, 0.2) is 48.5 Å². The first-order valence-corrected chi connectivity index (χ1v) is 7.64. The minimum Gasteiger partial charge on any atom is -0.486 e. The summed E-state index contributed by atoms with van der Waals surface area (Å²) in [6.45, 7) is 1.94. The van der Waals surface area contributed by atoms with Gasteiger partial charge in [0.2, 0.25) is 0 Å². The number of carbonyl (C=O) groups is 1. The number of amides is 1. The fourth-order valence-electron chi connectivity index (χ4n) is 2.33. The van der Waals surface area contributed by atoms with Gasteiger partial charge in [-0.05, 0) is 29.7 Å². The molecule has 0 aromatic heterocycles. The Morgan fingerprint density at radius 1 is 1.00 bits per heavy atom. The molecular formula is C18H19NO4. The molecule has 1 aliphatic heterocycles. The molecule has 0 radical (unpaired) electrons. The van der Waals surface area contributed by atoms with Crippen molar-refractivity contribution in [2.75, 3.05) is 19.8 Å². The van der Waals surface area contributed by atoms with Gasteiger partial charge in [0.25, 0.3) is 0 Å². The van der Waals surface area contributed by atoms with Crippen LogP contribution in [0, 0.1) is 0 Å². The van der Waals surface area contributed by atoms with Gasteiger partial charge >= 0.3 is 6.09 Å². The van der Waals surface area contributed by atoms with Gasteiger partial charge in [-0.15, -0.1) is 0 Å². The van der Waals surface area contributed by atoms with Gasteiger partial charge in [-0.2, -0.15) is 0 Å². The van der Waals surface area contributed by atoms with Gasteiger partial charge in [0.15, 0.2) is 11.5 Å². The van der Waals surface area contributed by atoms with Crippen molar-refractivity contribution < 1.29 is 19.0 Å². The maximum absolute atomic E-state index is 11.7. The Labute approximate surface area is 135 Å². The molecule has 0 saturated heterocycles. The highest BCUT2D eigenvalue weighted by molar-refractivity contribution is 5.67. The molecule has 0 aliphatic carbocycles. The Kier molecular flexibility index (Phi) is 4.99. The lowest BCUT2D eigenvalue weighted by Gasteiger charge is -2.18. The number of hydrogen-bond acceptors (Lipinski definition) is 4. The third kappa shape index (κ3) is 4.39. The van der Waals surface area contributed by atoms with Crippen LogP contribution < -0.4 is 14.8 Å². The van der Waals surface area contributed by atoms with E-state index in [1.165, 1.54) is 0 Å². The van der Waals surface area contributed by atoms with Gasteiger partial charge in [0, 0.05) is 6.54 Å². The number of ether oxygens (including phenoxy) is 3. The zero-order chi connectivity index (χ0) is 15.9. The maximum atomic E-state index is 11.7. The van der Waals surface area contributed by atoms with Crippen molar-refractivity contribution in [3.8, 4) is 11.5 Å². The Hall–Kier alpha value is -2.69. The first-order chi connectivity index (χ1) is 11.3. The molecule has 5 heteroatoms. The smallest absolute Gasteiger partial charge is 0.407 e. The summed E-state index contributed by atoms with van der Waals surface area (Å²) in [5.41, 5.74) is 2.05. The number of alkyl carbamates (subject to hydrolysis) is 1. The van der Waals surface area contributed by atoms with Crippen LogP contribution in [0.4, 0.5) is 4.79 Å². The normalized spacial score (nSPS) is 12.5. The van der Waals surface area contributed by atoms with E-state index in [1.54, 1.807) is 0 Å². The van der Waals surface area contributed by atoms with Gasteiger partial charge in [-0.1, -0.05) is 36.4 Å². The van der Waals surface area contributed by atoms with Crippen molar-refractivity contribution in [3.05, 3.63) is 59.7 Å². The lowest BCUT2D eigenvalue weighted by atomic mass is 10.1. The second-order valence-electron chi connectivity index (χ2n) is 5.22. The highest BCUT2D eigenvalue weighted by Gasteiger charge is 2.11. The maximum Gasteiger partial charge on any atom is 0.407 e. The Morgan fingerprint density at radius 2 is 1.78 bits per heavy atom. The summed E-state index contributed by atoms with van der Waals surface area (Å²) in [5.74, 6) is 1.54. The molecule has 5 nitrogen and oxygen atoms in total. The van der Waals surface area contributed by atoms with Crippen LogP contribution in [-0.2, 0) is 17.8 Å². The Morgan fingerprint density at radius 3 is 2.61 bits per heavy atom. The Bertz CT molecular complexity index is 657. The number of benzene rings is 2. The van der Waals surface area contributed by atoms with Crippen molar-refractivity contribution in [2.45, 2.75) is 13.0 Å². The number of fused-ring (bicyclic) bond motifs is 1. The van der Waals surface area contributed by atoms with E-state index in [2.05, 4.69) is 5.32 Å². The van der Waals surface area contributed by atoms with Crippen molar-refractivity contribution in [1.82, 2.24) is 5.32 Å². The van der Waals surface area contributed by atoms with Crippen LogP contribution in [-0.4, -0.2) is 25.9 Å². The molecule has 0 fully saturated rings. The number of rotatable bonds is 5. The van der Waals surface area contributed by atoms with Crippen LogP contribution in [0.25, 0.3) is 0 Å². The van der Waals surface area contributed by atoms with Gasteiger partial charge < -0.3 is 19.5 Å². The highest BCUT2D eigenvalue weighted by Crippen LogP contribution is 2.30. The van der Waals surface area contributed by atoms with Gasteiger partial charge in [0.1, 0.15) is 19.8 Å². The summed E-state index contributed by atoms with van der Waals surface area (Å²) >= 11 is 0. The van der Waals surface area contributed by atoms with E-state index < -0.39 is 6.09 Å². The number of nitrogens with one attached hydrogen (secondary N) is 1. The lowest BCUT2D eigenvalue weighted by Crippen LogP contribution is -2.26. The number of hydrogen-bond donors (Lipinski definition) is 1. The molecule has 1 amide bonds. The van der Waals surface area contributed by atoms with Crippen LogP contribution >= 0.6 is 0 Å². The van der Waals surface area contributed by atoms with E-state index in [0.29, 0.717) is 26.2 Å². The first kappa shape index (κ1) is 15.2. The summed E-state index contributed by atoms with van der Waals surface area (Å²) in [7, 11) is 0. The fourth-order valence-corrected chi connectivity index (χ4v) is 2.33. The van der Waals surface area contributed by atoms with Crippen LogP contribution in [0.5, 0.6) is 11.5 Å². The van der Waals surface area contributed by atoms with Crippen molar-refractivity contribution >= 4 is 6.09 Å². The average Bonchev–Trinajstić information content (AvgIpc) is 2.61. The first-order valence-electron chi connectivity index (χ1n) is 7.64. The second kappa shape index (κ2) is 7.54. The SMILES string of the molecule is O=C(NCCc1ccc2c(c1)OCCO2)OCc1ccccc1. The molecule has 1 aliphatic rings. The summed E-state index contributed by atoms with van der Waals surface area (Å²) < 4.78 is 16.2. The standard InChI is InChI=1S/C18H19NO4/c20-18(23-13-15-4-2-1-3-5-15)19-9-8-14-6-7-16-17(12-14)22-11-10-21-16/h1-7,12H,8-11,13H2,(H,19,20). The van der Waals surface area contributed by atoms with E-state index in [0.717, 1.165) is 22.6 Å². The van der Waals surface area contributed by atoms with E-state index in [4.69, 9.17) is 14.2 Å². The van der Waals surface area contributed by atoms with Gasteiger partial charge in [-0.25, -0.2) is 4.79 Å². The molecule has 23 heavy (non-hydrogen) atoms. The topological polar surface area (TPSA) is 56.8 Å². The third-order valence-electron chi connectivity index (χ3n) is 3.50. The summed E-state index contributed by atoms with van der Waals surface area (Å²) in [6, 6.07) is 15.4. The van der Waals surface area contributed by atoms with E-state index >= 15 is 0 Å². The molecule has 0 atom stereocenters. The summed E-state index contributed by atoms with van der Waals surface area (Å²) in [6.07, 6.45) is 0.295. The van der Waals surface area contributed by atoms with Gasteiger partial charge in [0.05, 0.1) is 0 Å². The fraction of sp³-hybridized carbons (Fsp3) is 0.278. The zero-order valence-corrected chi connectivity index (χ0v) is 12.8. The number of carbonyl (C=O) groups excluding carboxylic acids is 1. The molecular weight excluding hydrogens is 294 g/mol. The van der Waals surface area contributed by atoms with Crippen LogP contribution in [0.2, 0.25) is 0 Å². The molecule has 0 unspecified atom stereocenters. The predicted molar refractivity (Wildman–Crippen MR) is 85.8 cm³/mol. The largest absolute Gasteiger partial charge is 0.486 e. The van der Waals surface area contributed by atoms with Crippen LogP contribution in [0.3, 0.4) is 0 Å². The lowest BCUT2D eigenvalue weighted by molar-refractivity contribution is 0.140. The zero-order valence-electron chi connectivity index (χ0n) is 12.8. The van der Waals surface area contributed by atoms with E-state index in [-0.39, 0.29) is 6.61 Å². The van der Waals surface area contributed by atoms with E-state index in [1.807, 2.05) is 48.5 Å². The summed E-state index contributed by atoms with van der Waals surface area (Å²) in [5, 5.41) is 2.75. The molecule has 2 aromatic carbocycles. The third-order valence-corrected chi connectivity index (χ3v) is 3.50. The second-order valence-corrected chi connectivity index (χ2v) is 5.22. The monoisotopic (exact) mass is 313 g/mol. The van der Waals surface area contributed by atoms with Crippen molar-refractivity contribution in [1.29, 1.82) is 0 Å². The molecule has 0 spiro atoms. The molecule has 1 heterocycles. The van der Waals surface area contributed by atoms with E-state index in [9.17, 15) is 4.79 Å². The highest BCUT2D eigenvalue weighted by atomic mass is 16.6. The summed E-state index contributed by atoms with van der Waals surface area (Å²) in [4.78, 5) is 11.7. The predicted octanol–water partition coefficient (Wildman–Crippen LogP) is 2.93. The Balaban J connectivity index is 1.41. The molecule has 0 saturated carbocycles. The average molecular weight is 313 g/mol. The molecule has 0 bridgehead atoms. The molecule has 3 rings (SSSR count). The minimum absolute atomic E-state index is 0.275. The van der Waals surface area contributed by atoms with Crippen LogP contribution in [0.1, 0.15) is 11.1 Å². The molecule has 1 N–H and O–H groups in total.